The summed E-state index contributed by atoms with van der Waals surface area (Å²) in [7, 11) is -4.18. The Kier molecular flexibility index (Phi) is 5.51. The molecule has 3 aromatic rings. The number of hydrogen-bond donors (Lipinski definition) is 2. The van der Waals surface area contributed by atoms with Gasteiger partial charge in [-0.1, -0.05) is 66.7 Å². The molecule has 0 heterocycles. The molecule has 0 aliphatic carbocycles. The first-order valence-corrected chi connectivity index (χ1v) is 8.28. The van der Waals surface area contributed by atoms with Crippen molar-refractivity contribution in [1.29, 1.82) is 0 Å². The van der Waals surface area contributed by atoms with Gasteiger partial charge in [0.2, 0.25) is 0 Å². The van der Waals surface area contributed by atoms with E-state index in [2.05, 4.69) is 0 Å². The van der Waals surface area contributed by atoms with Gasteiger partial charge in [-0.3, -0.25) is 4.55 Å². The van der Waals surface area contributed by atoms with Crippen LogP contribution in [0.1, 0.15) is 0 Å². The van der Waals surface area contributed by atoms with Crippen LogP contribution in [0.4, 0.5) is 0 Å². The smallest absolute Gasteiger partial charge is 0.295 e. The summed E-state index contributed by atoms with van der Waals surface area (Å²) >= 11 is 0. The predicted octanol–water partition coefficient (Wildman–Crippen LogP) is 3.99. The molecule has 5 heteroatoms. The molecule has 3 rings (SSSR count). The van der Waals surface area contributed by atoms with Gasteiger partial charge in [-0.2, -0.15) is 8.42 Å². The molecule has 23 heavy (non-hydrogen) atoms. The summed E-state index contributed by atoms with van der Waals surface area (Å²) in [5.41, 5.74) is 1.27. The molecule has 3 aromatic carbocycles. The lowest BCUT2D eigenvalue weighted by atomic mass is 10.1. The quantitative estimate of drug-likeness (QED) is 0.698. The zero-order valence-corrected chi connectivity index (χ0v) is 13.0. The number of hydrogen-bond acceptors (Lipinski definition) is 3. The van der Waals surface area contributed by atoms with E-state index >= 15 is 0 Å². The van der Waals surface area contributed by atoms with Gasteiger partial charge in [0.25, 0.3) is 10.1 Å². The molecule has 0 spiro atoms. The van der Waals surface area contributed by atoms with Crippen molar-refractivity contribution < 1.29 is 18.1 Å². The molecule has 0 aliphatic rings. The van der Waals surface area contributed by atoms with Gasteiger partial charge in [-0.25, -0.2) is 0 Å². The fourth-order valence-electron chi connectivity index (χ4n) is 1.98. The van der Waals surface area contributed by atoms with Crippen LogP contribution in [0.25, 0.3) is 11.1 Å². The third-order valence-corrected chi connectivity index (χ3v) is 3.92. The standard InChI is InChI=1S/C12H10O3S.C6H6O/c13-16(14,15)12-9-5-4-8-11(12)10-6-2-1-3-7-10;7-6-4-2-1-3-5-6/h1-9H,(H,13,14,15);1-5,7H. The van der Waals surface area contributed by atoms with Crippen LogP contribution in [-0.4, -0.2) is 18.1 Å². The maximum atomic E-state index is 11.2. The van der Waals surface area contributed by atoms with Gasteiger partial charge in [-0.15, -0.1) is 0 Å². The van der Waals surface area contributed by atoms with Gasteiger partial charge in [0.15, 0.2) is 0 Å². The predicted molar refractivity (Wildman–Crippen MR) is 89.8 cm³/mol. The van der Waals surface area contributed by atoms with E-state index in [1.165, 1.54) is 6.07 Å². The van der Waals surface area contributed by atoms with E-state index in [-0.39, 0.29) is 4.90 Å². The van der Waals surface area contributed by atoms with E-state index in [9.17, 15) is 8.42 Å². The van der Waals surface area contributed by atoms with E-state index in [4.69, 9.17) is 9.66 Å². The molecule has 0 aliphatic heterocycles. The van der Waals surface area contributed by atoms with Crippen molar-refractivity contribution in [1.82, 2.24) is 0 Å². The Morgan fingerprint density at radius 1 is 0.652 bits per heavy atom. The van der Waals surface area contributed by atoms with Crippen LogP contribution >= 0.6 is 0 Å². The van der Waals surface area contributed by atoms with E-state index in [0.717, 1.165) is 5.56 Å². The molecule has 0 amide bonds. The maximum absolute atomic E-state index is 11.2. The van der Waals surface area contributed by atoms with Crippen molar-refractivity contribution in [3.63, 3.8) is 0 Å². The minimum absolute atomic E-state index is 0.0683. The van der Waals surface area contributed by atoms with E-state index < -0.39 is 10.1 Å². The van der Waals surface area contributed by atoms with Crippen molar-refractivity contribution in [2.45, 2.75) is 4.90 Å². The number of rotatable bonds is 2. The average molecular weight is 328 g/mol. The van der Waals surface area contributed by atoms with Crippen LogP contribution in [0.3, 0.4) is 0 Å². The van der Waals surface area contributed by atoms with Gasteiger partial charge in [0.1, 0.15) is 10.6 Å². The van der Waals surface area contributed by atoms with E-state index in [1.807, 2.05) is 24.3 Å². The van der Waals surface area contributed by atoms with Crippen LogP contribution in [0.5, 0.6) is 5.75 Å². The van der Waals surface area contributed by atoms with Crippen LogP contribution < -0.4 is 0 Å². The largest absolute Gasteiger partial charge is 0.508 e. The van der Waals surface area contributed by atoms with Crippen molar-refractivity contribution >= 4 is 10.1 Å². The first-order chi connectivity index (χ1) is 11.0. The molecule has 0 fully saturated rings. The van der Waals surface area contributed by atoms with Crippen molar-refractivity contribution in [2.75, 3.05) is 0 Å². The van der Waals surface area contributed by atoms with Crippen LogP contribution in [0, 0.1) is 0 Å². The van der Waals surface area contributed by atoms with Crippen LogP contribution in [-0.2, 0) is 10.1 Å². The molecule has 4 nitrogen and oxygen atoms in total. The molecule has 0 unspecified atom stereocenters. The highest BCUT2D eigenvalue weighted by atomic mass is 32.2. The molecular formula is C18H16O4S. The van der Waals surface area contributed by atoms with E-state index in [1.54, 1.807) is 54.6 Å². The summed E-state index contributed by atoms with van der Waals surface area (Å²) in [5, 5.41) is 8.63. The second-order valence-corrected chi connectivity index (χ2v) is 6.06. The summed E-state index contributed by atoms with van der Waals surface area (Å²) in [6.45, 7) is 0. The maximum Gasteiger partial charge on any atom is 0.295 e. The lowest BCUT2D eigenvalue weighted by molar-refractivity contribution is 0.475. The summed E-state index contributed by atoms with van der Waals surface area (Å²) in [4.78, 5) is -0.0683. The Labute approximate surface area is 135 Å². The first kappa shape index (κ1) is 16.7. The summed E-state index contributed by atoms with van der Waals surface area (Å²) < 4.78 is 31.5. The number of phenols is 1. The Hall–Kier alpha value is -2.63. The van der Waals surface area contributed by atoms with Gasteiger partial charge in [-0.05, 0) is 23.8 Å². The van der Waals surface area contributed by atoms with Crippen molar-refractivity contribution in [2.24, 2.45) is 0 Å². The van der Waals surface area contributed by atoms with Crippen LogP contribution in [0.15, 0.2) is 89.8 Å². The molecular weight excluding hydrogens is 312 g/mol. The topological polar surface area (TPSA) is 74.6 Å². The molecule has 0 saturated heterocycles. The number of aromatic hydroxyl groups is 1. The average Bonchev–Trinajstić information content (AvgIpc) is 2.56. The lowest BCUT2D eigenvalue weighted by Gasteiger charge is -2.06. The summed E-state index contributed by atoms with van der Waals surface area (Å²) in [6, 6.07) is 24.1. The third kappa shape index (κ3) is 4.95. The Morgan fingerprint density at radius 3 is 1.61 bits per heavy atom. The zero-order valence-electron chi connectivity index (χ0n) is 12.2. The molecule has 0 saturated carbocycles. The second kappa shape index (κ2) is 7.58. The van der Waals surface area contributed by atoms with E-state index in [0.29, 0.717) is 11.3 Å². The minimum atomic E-state index is -4.18. The Morgan fingerprint density at radius 2 is 1.13 bits per heavy atom. The van der Waals surface area contributed by atoms with Crippen LogP contribution in [0.2, 0.25) is 0 Å². The fourth-order valence-corrected chi connectivity index (χ4v) is 2.69. The first-order valence-electron chi connectivity index (χ1n) is 6.84. The summed E-state index contributed by atoms with van der Waals surface area (Å²) in [5.74, 6) is 0.322. The molecule has 0 atom stereocenters. The molecule has 0 aromatic heterocycles. The number of benzene rings is 3. The van der Waals surface area contributed by atoms with Crippen molar-refractivity contribution in [3.8, 4) is 16.9 Å². The summed E-state index contributed by atoms with van der Waals surface area (Å²) in [6.07, 6.45) is 0. The normalized spacial score (nSPS) is 10.5. The highest BCUT2D eigenvalue weighted by Crippen LogP contribution is 2.26. The third-order valence-electron chi connectivity index (χ3n) is 3.01. The van der Waals surface area contributed by atoms with Gasteiger partial charge in [0.05, 0.1) is 0 Å². The SMILES string of the molecule is O=S(=O)(O)c1ccccc1-c1ccccc1.Oc1ccccc1. The highest BCUT2D eigenvalue weighted by Gasteiger charge is 2.15. The van der Waals surface area contributed by atoms with Gasteiger partial charge < -0.3 is 5.11 Å². The van der Waals surface area contributed by atoms with Gasteiger partial charge >= 0.3 is 0 Å². The Bertz CT molecular complexity index is 844. The van der Waals surface area contributed by atoms with Crippen molar-refractivity contribution in [3.05, 3.63) is 84.9 Å². The molecule has 118 valence electrons. The molecule has 0 bridgehead atoms. The second-order valence-electron chi connectivity index (χ2n) is 4.67. The Balaban J connectivity index is 0.000000229. The number of para-hydroxylation sites is 1. The monoisotopic (exact) mass is 328 g/mol. The molecule has 0 radical (unpaired) electrons. The fraction of sp³-hybridized carbons (Fsp3) is 0. The zero-order chi connectivity index (χ0) is 16.7. The highest BCUT2D eigenvalue weighted by molar-refractivity contribution is 7.86. The van der Waals surface area contributed by atoms with Gasteiger partial charge in [0, 0.05) is 5.56 Å². The minimum Gasteiger partial charge on any atom is -0.508 e. The molecule has 2 N–H and O–H groups in total. The number of phenolic OH excluding ortho intramolecular Hbond substituents is 1. The lowest BCUT2D eigenvalue weighted by Crippen LogP contribution is -2.00.